The lowest BCUT2D eigenvalue weighted by Crippen LogP contribution is -2.17. The minimum Gasteiger partial charge on any atom is -0.373 e. The number of benzene rings is 2. The average molecular weight is 641 g/mol. The molecule has 2 aromatic carbocycles. The molecule has 0 unspecified atom stereocenters. The van der Waals surface area contributed by atoms with E-state index < -0.39 is 11.6 Å². The van der Waals surface area contributed by atoms with E-state index in [4.69, 9.17) is 4.74 Å². The molecule has 0 spiro atoms. The molecule has 0 amide bonds. The van der Waals surface area contributed by atoms with Gasteiger partial charge in [-0.1, -0.05) is 89.5 Å². The summed E-state index contributed by atoms with van der Waals surface area (Å²) in [5, 5.41) is 18.5. The highest BCUT2D eigenvalue weighted by Crippen LogP contribution is 2.41. The molecule has 0 aliphatic heterocycles. The van der Waals surface area contributed by atoms with Gasteiger partial charge in [0.05, 0.1) is 24.3 Å². The van der Waals surface area contributed by atoms with Crippen LogP contribution in [0.25, 0.3) is 11.1 Å². The number of halogens is 2. The van der Waals surface area contributed by atoms with Gasteiger partial charge in [-0.05, 0) is 122 Å². The van der Waals surface area contributed by atoms with Crippen LogP contribution in [-0.4, -0.2) is 13.2 Å². The van der Waals surface area contributed by atoms with Crippen LogP contribution >= 0.6 is 0 Å². The van der Waals surface area contributed by atoms with Gasteiger partial charge in [0, 0.05) is 0 Å². The Morgan fingerprint density at radius 3 is 1.40 bits per heavy atom. The maximum Gasteiger partial charge on any atom is 0.141 e. The van der Waals surface area contributed by atoms with Crippen LogP contribution < -0.4 is 0 Å². The second-order valence-electron chi connectivity index (χ2n) is 13.9. The number of unbranched alkanes of at least 4 members (excludes halogenated alkanes) is 4. The Morgan fingerprint density at radius 1 is 0.660 bits per heavy atom. The molecule has 3 nitrogen and oxygen atoms in total. The second kappa shape index (κ2) is 19.5. The van der Waals surface area contributed by atoms with Crippen LogP contribution in [-0.2, 0) is 4.74 Å². The minimum absolute atomic E-state index is 0.0656. The molecule has 2 saturated carbocycles. The molecule has 0 heterocycles. The van der Waals surface area contributed by atoms with Gasteiger partial charge in [0.15, 0.2) is 0 Å². The first-order valence-electron chi connectivity index (χ1n) is 18.3. The van der Waals surface area contributed by atoms with Gasteiger partial charge in [0.25, 0.3) is 0 Å². The summed E-state index contributed by atoms with van der Waals surface area (Å²) in [7, 11) is 0. The summed E-state index contributed by atoms with van der Waals surface area (Å²) in [5.74, 6) is 1.27. The fourth-order valence-corrected chi connectivity index (χ4v) is 7.87. The fourth-order valence-electron chi connectivity index (χ4n) is 7.87. The molecule has 2 aliphatic carbocycles. The second-order valence-corrected chi connectivity index (χ2v) is 13.9. The molecule has 47 heavy (non-hydrogen) atoms. The van der Waals surface area contributed by atoms with Gasteiger partial charge in [-0.25, -0.2) is 8.78 Å². The van der Waals surface area contributed by atoms with E-state index in [1.54, 1.807) is 12.1 Å². The molecule has 0 aromatic heterocycles. The number of hydrogen-bond donors (Lipinski definition) is 0. The quantitative estimate of drug-likeness (QED) is 0.172. The van der Waals surface area contributed by atoms with Gasteiger partial charge >= 0.3 is 0 Å². The largest absolute Gasteiger partial charge is 0.373 e. The molecular formula is C42H54F2N2O. The van der Waals surface area contributed by atoms with E-state index in [2.05, 4.69) is 26.0 Å². The van der Waals surface area contributed by atoms with Crippen molar-refractivity contribution in [3.8, 4) is 12.1 Å². The van der Waals surface area contributed by atoms with E-state index in [1.165, 1.54) is 89.2 Å². The number of nitriles is 2. The van der Waals surface area contributed by atoms with Crippen LogP contribution in [0.5, 0.6) is 0 Å². The van der Waals surface area contributed by atoms with Gasteiger partial charge < -0.3 is 4.74 Å². The van der Waals surface area contributed by atoms with E-state index >= 15 is 0 Å². The first-order chi connectivity index (χ1) is 23.0. The van der Waals surface area contributed by atoms with E-state index in [1.807, 2.05) is 24.3 Å². The number of hydrogen-bond acceptors (Lipinski definition) is 3. The van der Waals surface area contributed by atoms with E-state index in [-0.39, 0.29) is 11.1 Å². The fraction of sp³-hybridized carbons (Fsp3) is 0.571. The van der Waals surface area contributed by atoms with Crippen molar-refractivity contribution in [2.24, 2.45) is 23.7 Å². The van der Waals surface area contributed by atoms with Gasteiger partial charge in [-0.2, -0.15) is 10.5 Å². The summed E-state index contributed by atoms with van der Waals surface area (Å²) >= 11 is 0. The number of rotatable bonds is 16. The van der Waals surface area contributed by atoms with Gasteiger partial charge in [0.1, 0.15) is 23.8 Å². The monoisotopic (exact) mass is 640 g/mol. The van der Waals surface area contributed by atoms with Crippen LogP contribution in [0, 0.1) is 58.0 Å². The van der Waals surface area contributed by atoms with Crippen molar-refractivity contribution in [1.82, 2.24) is 0 Å². The van der Waals surface area contributed by atoms with Crippen LogP contribution in [0.15, 0.2) is 48.6 Å². The molecule has 0 bridgehead atoms. The van der Waals surface area contributed by atoms with Crippen LogP contribution in [0.4, 0.5) is 8.78 Å². The normalized spacial score (nSPS) is 22.1. The number of ether oxygens (including phenoxy) is 1. The van der Waals surface area contributed by atoms with Gasteiger partial charge in [-0.15, -0.1) is 0 Å². The molecule has 2 aromatic rings. The lowest BCUT2D eigenvalue weighted by atomic mass is 9.75. The summed E-state index contributed by atoms with van der Waals surface area (Å²) in [6, 6.07) is 13.8. The van der Waals surface area contributed by atoms with Crippen LogP contribution in [0.1, 0.15) is 139 Å². The summed E-state index contributed by atoms with van der Waals surface area (Å²) in [6.07, 6.45) is 23.6. The molecular weight excluding hydrogens is 586 g/mol. The van der Waals surface area contributed by atoms with Gasteiger partial charge in [0.2, 0.25) is 0 Å². The maximum absolute atomic E-state index is 14.7. The molecule has 252 valence electrons. The van der Waals surface area contributed by atoms with Crippen LogP contribution in [0.2, 0.25) is 0 Å². The summed E-state index contributed by atoms with van der Waals surface area (Å²) in [5.41, 5.74) is 4.02. The highest BCUT2D eigenvalue weighted by atomic mass is 19.1. The zero-order valence-electron chi connectivity index (χ0n) is 28.7. The Labute approximate surface area is 282 Å². The molecule has 4 rings (SSSR count). The Morgan fingerprint density at radius 2 is 1.06 bits per heavy atom. The van der Waals surface area contributed by atoms with E-state index in [9.17, 15) is 19.3 Å². The third-order valence-corrected chi connectivity index (χ3v) is 10.7. The van der Waals surface area contributed by atoms with Crippen molar-refractivity contribution >= 4 is 11.1 Å². The van der Waals surface area contributed by atoms with Crippen molar-refractivity contribution in [2.45, 2.75) is 117 Å². The molecule has 0 saturated heterocycles. The SMILES string of the molecule is CCCCCC1CCC(C(=CCOCC=C(c2ccc(C#N)c(F)c2)C2CCC(CCCCC)CC2)c2ccc(C#N)c(F)c2)CC1. The van der Waals surface area contributed by atoms with Crippen molar-refractivity contribution in [3.63, 3.8) is 0 Å². The third-order valence-electron chi connectivity index (χ3n) is 10.7. The molecule has 5 heteroatoms. The Bertz CT molecular complexity index is 1310. The minimum atomic E-state index is -0.479. The first kappa shape index (κ1) is 36.6. The standard InChI is InChI=1S/C42H54F2N2O/c1-3-5-7-9-31-11-15-33(16-12-31)39(35-19-21-37(29-45)41(43)27-35)23-25-47-26-24-40(36-20-22-38(30-46)42(44)28-36)34-17-13-32(14-18-34)10-8-6-4-2/h19-24,27-28,31-34H,3-18,25-26H2,1-2H3. The summed E-state index contributed by atoms with van der Waals surface area (Å²) < 4.78 is 35.7. The smallest absolute Gasteiger partial charge is 0.141 e. The van der Waals surface area contributed by atoms with Crippen molar-refractivity contribution in [3.05, 3.63) is 82.4 Å². The molecule has 0 atom stereocenters. The highest BCUT2D eigenvalue weighted by Gasteiger charge is 2.26. The van der Waals surface area contributed by atoms with Gasteiger partial charge in [-0.3, -0.25) is 0 Å². The topological polar surface area (TPSA) is 56.8 Å². The van der Waals surface area contributed by atoms with E-state index in [0.29, 0.717) is 25.0 Å². The Balaban J connectivity index is 1.46. The predicted molar refractivity (Wildman–Crippen MR) is 188 cm³/mol. The lowest BCUT2D eigenvalue weighted by molar-refractivity contribution is 0.193. The van der Waals surface area contributed by atoms with E-state index in [0.717, 1.165) is 59.8 Å². The third kappa shape index (κ3) is 10.9. The zero-order chi connectivity index (χ0) is 33.4. The predicted octanol–water partition coefficient (Wildman–Crippen LogP) is 12.0. The summed E-state index contributed by atoms with van der Waals surface area (Å²) in [4.78, 5) is 0. The molecule has 2 fully saturated rings. The highest BCUT2D eigenvalue weighted by molar-refractivity contribution is 5.69. The zero-order valence-corrected chi connectivity index (χ0v) is 28.7. The van der Waals surface area contributed by atoms with Crippen molar-refractivity contribution in [2.75, 3.05) is 13.2 Å². The number of allylic oxidation sites excluding steroid dienone is 2. The summed E-state index contributed by atoms with van der Waals surface area (Å²) in [6.45, 7) is 5.28. The molecule has 0 N–H and O–H groups in total. The molecule has 0 radical (unpaired) electrons. The van der Waals surface area contributed by atoms with Crippen molar-refractivity contribution in [1.29, 1.82) is 10.5 Å². The first-order valence-corrected chi connectivity index (χ1v) is 18.3. The molecule has 2 aliphatic rings. The number of nitrogens with zero attached hydrogens (tertiary/aromatic N) is 2. The Hall–Kier alpha value is -3.28. The van der Waals surface area contributed by atoms with Crippen LogP contribution in [0.3, 0.4) is 0 Å². The van der Waals surface area contributed by atoms with Crippen molar-refractivity contribution < 1.29 is 13.5 Å². The lowest BCUT2D eigenvalue weighted by Gasteiger charge is -2.31. The maximum atomic E-state index is 14.7. The Kier molecular flexibility index (Phi) is 15.2. The average Bonchev–Trinajstić information content (AvgIpc) is 3.09.